The number of carbonyl (C=O) groups is 6. The molecule has 1 saturated heterocycles. The summed E-state index contributed by atoms with van der Waals surface area (Å²) in [7, 11) is 1.45. The monoisotopic (exact) mass is 977 g/mol. The zero-order chi connectivity index (χ0) is 51.5. The van der Waals surface area contributed by atoms with Gasteiger partial charge in [-0.05, 0) is 61.1 Å². The van der Waals surface area contributed by atoms with E-state index in [1.165, 1.54) is 23.2 Å². The number of H-pyrrole nitrogens is 1. The Bertz CT molecular complexity index is 2100. The average molecular weight is 977 g/mol. The van der Waals surface area contributed by atoms with Gasteiger partial charge in [0, 0.05) is 44.7 Å². The molecule has 0 radical (unpaired) electrons. The van der Waals surface area contributed by atoms with Crippen molar-refractivity contribution in [3.05, 3.63) is 84.2 Å². The first kappa shape index (κ1) is 56.6. The molecule has 0 unspecified atom stereocenters. The molecule has 0 aliphatic carbocycles. The van der Waals surface area contributed by atoms with Crippen LogP contribution in [-0.4, -0.2) is 156 Å². The van der Waals surface area contributed by atoms with Crippen LogP contribution in [0.4, 0.5) is 4.79 Å². The number of hydrogen-bond acceptors (Lipinski definition) is 12. The topological polar surface area (TPSA) is 292 Å². The van der Waals surface area contributed by atoms with Crippen LogP contribution in [0, 0.1) is 23.7 Å². The van der Waals surface area contributed by atoms with Crippen molar-refractivity contribution in [2.24, 2.45) is 23.7 Å². The first-order chi connectivity index (χ1) is 33.4. The molecule has 0 bridgehead atoms. The number of aromatic amines is 1. The SMILES string of the molecule is CC[C@H](C)[C@H](NC(=O)[C@@H](C[C@H](O)[C@H](CC(C)C)NC(=O)[C@H](Cc1c[nH]cn1)N(C)C(=O)[C@H](Cc1ccccc1)NC(=O)[C@@H]1CCCN1C(=O)NC(CO)(CO)CO)C(C)C)C(=O)NCc1ccccn1. The number of aromatic nitrogens is 3. The van der Waals surface area contributed by atoms with Crippen molar-refractivity contribution >= 4 is 35.6 Å². The van der Waals surface area contributed by atoms with Crippen LogP contribution in [0.15, 0.2) is 67.3 Å². The molecule has 2 aromatic heterocycles. The highest BCUT2D eigenvalue weighted by Gasteiger charge is 2.41. The van der Waals surface area contributed by atoms with Gasteiger partial charge in [-0.25, -0.2) is 9.78 Å². The standard InChI is InChI=1S/C50H76N10O10/c1-8-33(6)43(47(68)53-26-35-17-12-13-19-52-35)57-44(65)37(32(4)5)24-42(64)38(21-31(2)3)55-46(67)41(23-36-25-51-30-54-36)59(7)48(69)39(22-34-15-10-9-11-16-34)56-45(66)40-18-14-20-60(40)49(70)58-50(27-61,28-62)29-63/h9-13,15-17,19,25,30-33,37-43,61-64H,8,14,18,20-24,26-29H2,1-7H3,(H,51,54)(H,53,68)(H,55,67)(H,56,66)(H,57,65)(H,58,70)/t33-,37-,38-,39-,40-,41-,42-,43-/m0/s1. The second kappa shape index (κ2) is 27.4. The Hall–Kier alpha value is -5.96. The van der Waals surface area contributed by atoms with Crippen LogP contribution in [-0.2, 0) is 43.4 Å². The van der Waals surface area contributed by atoms with Crippen LogP contribution in [0.3, 0.4) is 0 Å². The number of nitrogens with zero attached hydrogens (tertiary/aromatic N) is 4. The van der Waals surface area contributed by atoms with Crippen molar-refractivity contribution in [3.63, 3.8) is 0 Å². The Kier molecular flexibility index (Phi) is 22.2. The van der Waals surface area contributed by atoms with Crippen LogP contribution in [0.25, 0.3) is 0 Å². The fourth-order valence-corrected chi connectivity index (χ4v) is 8.53. The van der Waals surface area contributed by atoms with E-state index in [-0.39, 0.29) is 62.4 Å². The first-order valence-electron chi connectivity index (χ1n) is 24.3. The fraction of sp³-hybridized carbons (Fsp3) is 0.600. The smallest absolute Gasteiger partial charge is 0.318 e. The van der Waals surface area contributed by atoms with Gasteiger partial charge in [0.05, 0.1) is 56.2 Å². The number of benzene rings is 1. The molecule has 20 nitrogen and oxygen atoms in total. The Balaban J connectivity index is 1.57. The zero-order valence-corrected chi connectivity index (χ0v) is 41.6. The fourth-order valence-electron chi connectivity index (χ4n) is 8.53. The van der Waals surface area contributed by atoms with Crippen molar-refractivity contribution < 1.29 is 49.2 Å². The Labute approximate surface area is 411 Å². The van der Waals surface area contributed by atoms with Gasteiger partial charge in [-0.1, -0.05) is 84.4 Å². The molecular weight excluding hydrogens is 901 g/mol. The zero-order valence-electron chi connectivity index (χ0n) is 41.6. The van der Waals surface area contributed by atoms with E-state index in [0.29, 0.717) is 36.2 Å². The van der Waals surface area contributed by atoms with Gasteiger partial charge in [0.25, 0.3) is 0 Å². The van der Waals surface area contributed by atoms with E-state index in [4.69, 9.17) is 0 Å². The average Bonchev–Trinajstić information content (AvgIpc) is 4.08. The molecule has 8 atom stereocenters. The lowest BCUT2D eigenvalue weighted by molar-refractivity contribution is -0.142. The van der Waals surface area contributed by atoms with Crippen molar-refractivity contribution in [2.45, 2.75) is 135 Å². The van der Waals surface area contributed by atoms with Crippen LogP contribution in [0.5, 0.6) is 0 Å². The molecule has 1 aliphatic heterocycles. The quantitative estimate of drug-likeness (QED) is 0.0516. The number of likely N-dealkylation sites (tertiary alicyclic amines) is 1. The van der Waals surface area contributed by atoms with Gasteiger partial charge in [-0.3, -0.25) is 29.0 Å². The van der Waals surface area contributed by atoms with Crippen molar-refractivity contribution in [1.82, 2.24) is 51.3 Å². The predicted octanol–water partition coefficient (Wildman–Crippen LogP) is 1.19. The molecule has 20 heteroatoms. The largest absolute Gasteiger partial charge is 0.394 e. The van der Waals surface area contributed by atoms with E-state index in [2.05, 4.69) is 41.5 Å². The highest BCUT2D eigenvalue weighted by atomic mass is 16.3. The highest BCUT2D eigenvalue weighted by Crippen LogP contribution is 2.24. The molecule has 70 heavy (non-hydrogen) atoms. The van der Waals surface area contributed by atoms with Gasteiger partial charge in [0.2, 0.25) is 29.5 Å². The molecule has 10 N–H and O–H groups in total. The third kappa shape index (κ3) is 16.0. The maximum Gasteiger partial charge on any atom is 0.318 e. The Morgan fingerprint density at radius 2 is 1.53 bits per heavy atom. The Morgan fingerprint density at radius 1 is 0.843 bits per heavy atom. The predicted molar refractivity (Wildman–Crippen MR) is 261 cm³/mol. The van der Waals surface area contributed by atoms with E-state index < -0.39 is 97.3 Å². The third-order valence-electron chi connectivity index (χ3n) is 13.2. The summed E-state index contributed by atoms with van der Waals surface area (Å²) in [5.41, 5.74) is 0.0925. The summed E-state index contributed by atoms with van der Waals surface area (Å²) in [6, 6.07) is 8.34. The third-order valence-corrected chi connectivity index (χ3v) is 13.2. The number of urea groups is 1. The number of likely N-dealkylation sites (N-methyl/N-ethyl adjacent to an activating group) is 1. The summed E-state index contributed by atoms with van der Waals surface area (Å²) < 4.78 is 0. The molecule has 3 aromatic rings. The summed E-state index contributed by atoms with van der Waals surface area (Å²) in [5, 5.41) is 55.6. The lowest BCUT2D eigenvalue weighted by Crippen LogP contribution is -2.62. The van der Waals surface area contributed by atoms with Gasteiger partial charge < -0.3 is 61.8 Å². The number of nitrogens with one attached hydrogen (secondary N) is 6. The number of pyridine rings is 1. The first-order valence-corrected chi connectivity index (χ1v) is 24.3. The highest BCUT2D eigenvalue weighted by molar-refractivity contribution is 5.95. The maximum atomic E-state index is 14.8. The number of hydrogen-bond donors (Lipinski definition) is 10. The van der Waals surface area contributed by atoms with Crippen LogP contribution in [0.1, 0.15) is 90.6 Å². The number of carbonyl (C=O) groups excluding carboxylic acids is 6. The van der Waals surface area contributed by atoms with Gasteiger partial charge >= 0.3 is 6.03 Å². The molecule has 1 aliphatic rings. The van der Waals surface area contributed by atoms with Crippen LogP contribution < -0.4 is 26.6 Å². The van der Waals surface area contributed by atoms with E-state index in [9.17, 15) is 49.2 Å². The normalized spacial score (nSPS) is 16.9. The van der Waals surface area contributed by atoms with Gasteiger partial charge in [-0.15, -0.1) is 0 Å². The van der Waals surface area contributed by atoms with Crippen molar-refractivity contribution in [3.8, 4) is 0 Å². The lowest BCUT2D eigenvalue weighted by atomic mass is 9.85. The molecule has 1 fully saturated rings. The Morgan fingerprint density at radius 3 is 2.11 bits per heavy atom. The molecule has 386 valence electrons. The maximum absolute atomic E-state index is 14.8. The second-order valence-electron chi connectivity index (χ2n) is 19.3. The summed E-state index contributed by atoms with van der Waals surface area (Å²) in [5.74, 6) is -3.92. The molecule has 0 saturated carbocycles. The molecule has 1 aromatic carbocycles. The van der Waals surface area contributed by atoms with E-state index in [1.807, 2.05) is 53.7 Å². The number of imidazole rings is 1. The van der Waals surface area contributed by atoms with Gasteiger partial charge in [0.1, 0.15) is 29.7 Å². The van der Waals surface area contributed by atoms with Gasteiger partial charge in [-0.2, -0.15) is 0 Å². The second-order valence-corrected chi connectivity index (χ2v) is 19.3. The van der Waals surface area contributed by atoms with E-state index in [0.717, 1.165) is 0 Å². The molecule has 3 heterocycles. The van der Waals surface area contributed by atoms with E-state index >= 15 is 0 Å². The van der Waals surface area contributed by atoms with Crippen LogP contribution in [0.2, 0.25) is 0 Å². The molecular formula is C50H76N10O10. The number of aliphatic hydroxyl groups excluding tert-OH is 4. The number of aliphatic hydroxyl groups is 4. The summed E-state index contributed by atoms with van der Waals surface area (Å²) in [6.07, 6.45) is 4.96. The number of rotatable bonds is 27. The van der Waals surface area contributed by atoms with Gasteiger partial charge in [0.15, 0.2) is 0 Å². The summed E-state index contributed by atoms with van der Waals surface area (Å²) >= 11 is 0. The minimum absolute atomic E-state index is 0.0190. The van der Waals surface area contributed by atoms with Crippen molar-refractivity contribution in [1.29, 1.82) is 0 Å². The summed E-state index contributed by atoms with van der Waals surface area (Å²) in [6.45, 7) is 9.45. The summed E-state index contributed by atoms with van der Waals surface area (Å²) in [4.78, 5) is 98.6. The number of amides is 7. The molecule has 4 rings (SSSR count). The molecule has 7 amide bonds. The van der Waals surface area contributed by atoms with Crippen molar-refractivity contribution in [2.75, 3.05) is 33.4 Å². The lowest BCUT2D eigenvalue weighted by Gasteiger charge is -2.35. The molecule has 0 spiro atoms. The van der Waals surface area contributed by atoms with E-state index in [1.54, 1.807) is 48.8 Å². The minimum Gasteiger partial charge on any atom is -0.394 e. The minimum atomic E-state index is -1.73. The van der Waals surface area contributed by atoms with Crippen LogP contribution >= 0.6 is 0 Å².